The first kappa shape index (κ1) is 8.21. The quantitative estimate of drug-likeness (QED) is 0.498. The number of allylic oxidation sites excluding steroid dienone is 1. The fourth-order valence-corrected chi connectivity index (χ4v) is 1.72. The minimum Gasteiger partial charge on any atom is -0.294 e. The third-order valence-electron chi connectivity index (χ3n) is 1.35. The molecule has 2 heteroatoms. The van der Waals surface area contributed by atoms with Crippen molar-refractivity contribution in [2.45, 2.75) is 13.3 Å². The number of hydrogen-bond acceptors (Lipinski definition) is 2. The molecule has 0 aliphatic heterocycles. The van der Waals surface area contributed by atoms with E-state index >= 15 is 0 Å². The zero-order chi connectivity index (χ0) is 8.27. The van der Waals surface area contributed by atoms with Crippen molar-refractivity contribution in [3.63, 3.8) is 0 Å². The van der Waals surface area contributed by atoms with Gasteiger partial charge >= 0.3 is 0 Å². The summed E-state index contributed by atoms with van der Waals surface area (Å²) in [7, 11) is 0. The Labute approximate surface area is 70.4 Å². The average molecular weight is 166 g/mol. The van der Waals surface area contributed by atoms with E-state index in [0.717, 1.165) is 11.3 Å². The van der Waals surface area contributed by atoms with E-state index in [4.69, 9.17) is 0 Å². The maximum Gasteiger partial charge on any atom is 0.169 e. The normalized spacial score (nSPS) is 9.55. The molecule has 0 aliphatic carbocycles. The van der Waals surface area contributed by atoms with Gasteiger partial charge in [0.15, 0.2) is 5.78 Å². The lowest BCUT2D eigenvalue weighted by Gasteiger charge is -1.85. The Kier molecular flexibility index (Phi) is 2.60. The van der Waals surface area contributed by atoms with Crippen molar-refractivity contribution in [3.8, 4) is 0 Å². The third-order valence-corrected chi connectivity index (χ3v) is 2.56. The number of ketones is 1. The van der Waals surface area contributed by atoms with Gasteiger partial charge in [0.1, 0.15) is 0 Å². The minimum absolute atomic E-state index is 0.144. The minimum atomic E-state index is 0.144. The van der Waals surface area contributed by atoms with Crippen molar-refractivity contribution >= 4 is 17.1 Å². The van der Waals surface area contributed by atoms with Gasteiger partial charge in [-0.3, -0.25) is 4.79 Å². The van der Waals surface area contributed by atoms with Crippen LogP contribution in [0.2, 0.25) is 0 Å². The summed E-state index contributed by atoms with van der Waals surface area (Å²) in [5.41, 5.74) is 0. The van der Waals surface area contributed by atoms with E-state index in [1.807, 2.05) is 18.2 Å². The second-order valence-corrected chi connectivity index (χ2v) is 3.48. The van der Waals surface area contributed by atoms with E-state index in [2.05, 4.69) is 6.58 Å². The maximum absolute atomic E-state index is 10.8. The fourth-order valence-electron chi connectivity index (χ4n) is 0.819. The van der Waals surface area contributed by atoms with Gasteiger partial charge in [-0.15, -0.1) is 17.9 Å². The summed E-state index contributed by atoms with van der Waals surface area (Å²) in [6, 6.07) is 3.84. The van der Waals surface area contributed by atoms with Crippen LogP contribution in [0.25, 0.3) is 0 Å². The molecule has 58 valence electrons. The van der Waals surface area contributed by atoms with Crippen LogP contribution in [0.4, 0.5) is 0 Å². The van der Waals surface area contributed by atoms with E-state index < -0.39 is 0 Å². The number of thiophene rings is 1. The van der Waals surface area contributed by atoms with Gasteiger partial charge in [0.2, 0.25) is 0 Å². The predicted octanol–water partition coefficient (Wildman–Crippen LogP) is 2.68. The Morgan fingerprint density at radius 1 is 1.73 bits per heavy atom. The van der Waals surface area contributed by atoms with Crippen LogP contribution in [0, 0.1) is 0 Å². The Balaban J connectivity index is 2.81. The molecule has 0 aromatic carbocycles. The van der Waals surface area contributed by atoms with Gasteiger partial charge in [-0.25, -0.2) is 0 Å². The molecule has 0 spiro atoms. The van der Waals surface area contributed by atoms with E-state index in [1.165, 1.54) is 4.88 Å². The average Bonchev–Trinajstić information content (AvgIpc) is 2.37. The van der Waals surface area contributed by atoms with Crippen molar-refractivity contribution in [1.29, 1.82) is 0 Å². The molecular weight excluding hydrogens is 156 g/mol. The first-order valence-corrected chi connectivity index (χ1v) is 4.26. The molecule has 0 N–H and O–H groups in total. The molecule has 1 heterocycles. The summed E-state index contributed by atoms with van der Waals surface area (Å²) in [4.78, 5) is 12.9. The Morgan fingerprint density at radius 3 is 2.91 bits per heavy atom. The maximum atomic E-state index is 10.8. The van der Waals surface area contributed by atoms with Crippen LogP contribution in [-0.4, -0.2) is 5.78 Å². The molecule has 1 rings (SSSR count). The van der Waals surface area contributed by atoms with Crippen molar-refractivity contribution in [3.05, 3.63) is 34.5 Å². The molecule has 0 saturated carbocycles. The molecule has 0 atom stereocenters. The largest absolute Gasteiger partial charge is 0.294 e. The highest BCUT2D eigenvalue weighted by Gasteiger charge is 2.01. The van der Waals surface area contributed by atoms with Gasteiger partial charge in [-0.2, -0.15) is 0 Å². The van der Waals surface area contributed by atoms with Gasteiger partial charge in [-0.05, 0) is 25.5 Å². The summed E-state index contributed by atoms with van der Waals surface area (Å²) < 4.78 is 0. The smallest absolute Gasteiger partial charge is 0.169 e. The first-order chi connectivity index (χ1) is 5.24. The summed E-state index contributed by atoms with van der Waals surface area (Å²) in [6.07, 6.45) is 2.70. The van der Waals surface area contributed by atoms with Crippen molar-refractivity contribution < 1.29 is 4.79 Å². The molecule has 0 radical (unpaired) electrons. The molecule has 0 amide bonds. The topological polar surface area (TPSA) is 17.1 Å². The molecule has 1 nitrogen and oxygen atoms in total. The highest BCUT2D eigenvalue weighted by Crippen LogP contribution is 2.17. The van der Waals surface area contributed by atoms with Crippen LogP contribution in [0.3, 0.4) is 0 Å². The molecule has 0 saturated heterocycles. The fraction of sp³-hybridized carbons (Fsp3) is 0.222. The SMILES string of the molecule is C=CCc1ccc(C(C)=O)s1. The number of carbonyl (C=O) groups excluding carboxylic acids is 1. The second kappa shape index (κ2) is 3.49. The van der Waals surface area contributed by atoms with Crippen molar-refractivity contribution in [2.24, 2.45) is 0 Å². The van der Waals surface area contributed by atoms with Crippen molar-refractivity contribution in [2.75, 3.05) is 0 Å². The van der Waals surface area contributed by atoms with Crippen LogP contribution >= 0.6 is 11.3 Å². The summed E-state index contributed by atoms with van der Waals surface area (Å²) in [5.74, 6) is 0.144. The Morgan fingerprint density at radius 2 is 2.45 bits per heavy atom. The molecule has 0 fully saturated rings. The highest BCUT2D eigenvalue weighted by atomic mass is 32.1. The highest BCUT2D eigenvalue weighted by molar-refractivity contribution is 7.14. The zero-order valence-corrected chi connectivity index (χ0v) is 7.28. The van der Waals surface area contributed by atoms with Gasteiger partial charge in [0.05, 0.1) is 4.88 Å². The third kappa shape index (κ3) is 2.02. The molecule has 1 aromatic rings. The number of Topliss-reactive ketones (excluding diaryl/α,β-unsaturated/α-hetero) is 1. The lowest BCUT2D eigenvalue weighted by Crippen LogP contribution is -1.83. The molecule has 0 aliphatic rings. The van der Waals surface area contributed by atoms with E-state index in [-0.39, 0.29) is 5.78 Å². The zero-order valence-electron chi connectivity index (χ0n) is 6.46. The van der Waals surface area contributed by atoms with E-state index in [1.54, 1.807) is 18.3 Å². The summed E-state index contributed by atoms with van der Waals surface area (Å²) in [5, 5.41) is 0. The molecule has 1 aromatic heterocycles. The van der Waals surface area contributed by atoms with Gasteiger partial charge in [0.25, 0.3) is 0 Å². The summed E-state index contributed by atoms with van der Waals surface area (Å²) in [6.45, 7) is 5.22. The van der Waals surface area contributed by atoms with Crippen LogP contribution in [0.5, 0.6) is 0 Å². The van der Waals surface area contributed by atoms with Crippen LogP contribution < -0.4 is 0 Å². The van der Waals surface area contributed by atoms with Crippen molar-refractivity contribution in [1.82, 2.24) is 0 Å². The van der Waals surface area contributed by atoms with Crippen LogP contribution in [0.1, 0.15) is 21.5 Å². The second-order valence-electron chi connectivity index (χ2n) is 2.31. The lowest BCUT2D eigenvalue weighted by atomic mass is 10.3. The Bertz CT molecular complexity index is 273. The van der Waals surface area contributed by atoms with Gasteiger partial charge in [0, 0.05) is 4.88 Å². The molecular formula is C9H10OS. The summed E-state index contributed by atoms with van der Waals surface area (Å²) >= 11 is 1.54. The molecule has 0 unspecified atom stereocenters. The van der Waals surface area contributed by atoms with Gasteiger partial charge < -0.3 is 0 Å². The molecule has 0 bridgehead atoms. The van der Waals surface area contributed by atoms with Crippen LogP contribution in [0.15, 0.2) is 24.8 Å². The van der Waals surface area contributed by atoms with E-state index in [0.29, 0.717) is 0 Å². The predicted molar refractivity (Wildman–Crippen MR) is 48.2 cm³/mol. The Hall–Kier alpha value is -0.890. The number of hydrogen-bond donors (Lipinski definition) is 0. The first-order valence-electron chi connectivity index (χ1n) is 3.44. The van der Waals surface area contributed by atoms with Crippen LogP contribution in [-0.2, 0) is 6.42 Å². The monoisotopic (exact) mass is 166 g/mol. The number of carbonyl (C=O) groups is 1. The molecule has 11 heavy (non-hydrogen) atoms. The lowest BCUT2D eigenvalue weighted by molar-refractivity contribution is 0.102. The van der Waals surface area contributed by atoms with E-state index in [9.17, 15) is 4.79 Å². The number of rotatable bonds is 3. The standard InChI is InChI=1S/C9H10OS/c1-3-4-8-5-6-9(11-8)7(2)10/h3,5-6H,1,4H2,2H3. The van der Waals surface area contributed by atoms with Gasteiger partial charge in [-0.1, -0.05) is 6.08 Å².